The Bertz CT molecular complexity index is 413. The zero-order valence-corrected chi connectivity index (χ0v) is 11.9. The Labute approximate surface area is 110 Å². The second kappa shape index (κ2) is 7.07. The summed E-state index contributed by atoms with van der Waals surface area (Å²) < 4.78 is 11.0. The van der Waals surface area contributed by atoms with Gasteiger partial charge in [0.05, 0.1) is 13.7 Å². The summed E-state index contributed by atoms with van der Waals surface area (Å²) in [5.41, 5.74) is 2.30. The number of likely N-dealkylation sites (N-methyl/N-ethyl adjacent to an activating group) is 1. The van der Waals surface area contributed by atoms with Gasteiger partial charge < -0.3 is 14.8 Å². The standard InChI is InChI=1S/C15H23NO2/c1-6-18-14-9-7-8-13(15(14)17-5)10-11(2)12(3)16-4/h7-10,12,16H,6H2,1-5H3/b11-10-. The molecule has 1 aromatic carbocycles. The number of rotatable bonds is 6. The van der Waals surface area contributed by atoms with Gasteiger partial charge in [-0.2, -0.15) is 0 Å². The van der Waals surface area contributed by atoms with Crippen molar-refractivity contribution in [2.45, 2.75) is 26.8 Å². The van der Waals surface area contributed by atoms with Crippen LogP contribution in [0.5, 0.6) is 11.5 Å². The van der Waals surface area contributed by atoms with Gasteiger partial charge in [0.25, 0.3) is 0 Å². The molecule has 0 radical (unpaired) electrons. The summed E-state index contributed by atoms with van der Waals surface area (Å²) in [6.07, 6.45) is 2.13. The Morgan fingerprint density at radius 1 is 1.44 bits per heavy atom. The smallest absolute Gasteiger partial charge is 0.167 e. The molecule has 0 saturated heterocycles. The predicted molar refractivity (Wildman–Crippen MR) is 76.3 cm³/mol. The third-order valence-corrected chi connectivity index (χ3v) is 3.01. The van der Waals surface area contributed by atoms with E-state index >= 15 is 0 Å². The molecule has 18 heavy (non-hydrogen) atoms. The molecule has 1 N–H and O–H groups in total. The molecular weight excluding hydrogens is 226 g/mol. The predicted octanol–water partition coefficient (Wildman–Crippen LogP) is 3.11. The van der Waals surface area contributed by atoms with Crippen molar-refractivity contribution < 1.29 is 9.47 Å². The van der Waals surface area contributed by atoms with Gasteiger partial charge in [-0.1, -0.05) is 23.8 Å². The van der Waals surface area contributed by atoms with E-state index in [4.69, 9.17) is 9.47 Å². The Morgan fingerprint density at radius 2 is 2.17 bits per heavy atom. The van der Waals surface area contributed by atoms with Crippen LogP contribution >= 0.6 is 0 Å². The van der Waals surface area contributed by atoms with Crippen molar-refractivity contribution in [1.82, 2.24) is 5.32 Å². The summed E-state index contributed by atoms with van der Waals surface area (Å²) in [6, 6.07) is 6.28. The molecule has 0 aliphatic heterocycles. The van der Waals surface area contributed by atoms with E-state index in [0.717, 1.165) is 17.1 Å². The SMILES string of the molecule is CCOc1cccc(/C=C(/C)C(C)NC)c1OC. The molecule has 100 valence electrons. The molecule has 0 aromatic heterocycles. The molecule has 0 heterocycles. The van der Waals surface area contributed by atoms with Crippen LogP contribution in [0.2, 0.25) is 0 Å². The first-order valence-corrected chi connectivity index (χ1v) is 6.29. The van der Waals surface area contributed by atoms with Crippen LogP contribution in [0.1, 0.15) is 26.3 Å². The minimum Gasteiger partial charge on any atom is -0.492 e. The average molecular weight is 249 g/mol. The van der Waals surface area contributed by atoms with Crippen molar-refractivity contribution in [3.8, 4) is 11.5 Å². The third-order valence-electron chi connectivity index (χ3n) is 3.01. The van der Waals surface area contributed by atoms with Crippen LogP contribution in [0.15, 0.2) is 23.8 Å². The fourth-order valence-corrected chi connectivity index (χ4v) is 1.73. The molecule has 1 atom stereocenters. The average Bonchev–Trinajstić information content (AvgIpc) is 2.38. The van der Waals surface area contributed by atoms with Crippen molar-refractivity contribution in [3.05, 3.63) is 29.3 Å². The van der Waals surface area contributed by atoms with E-state index in [1.54, 1.807) is 7.11 Å². The van der Waals surface area contributed by atoms with Crippen LogP contribution in [0, 0.1) is 0 Å². The Balaban J connectivity index is 3.12. The first kappa shape index (κ1) is 14.6. The molecule has 0 aliphatic rings. The Kier molecular flexibility index (Phi) is 5.72. The lowest BCUT2D eigenvalue weighted by Gasteiger charge is -2.14. The number of ether oxygens (including phenoxy) is 2. The highest BCUT2D eigenvalue weighted by Gasteiger charge is 2.09. The van der Waals surface area contributed by atoms with Crippen LogP contribution in [0.3, 0.4) is 0 Å². The number of hydrogen-bond acceptors (Lipinski definition) is 3. The van der Waals surface area contributed by atoms with Gasteiger partial charge in [0.2, 0.25) is 0 Å². The third kappa shape index (κ3) is 3.50. The maximum atomic E-state index is 5.57. The van der Waals surface area contributed by atoms with Crippen LogP contribution in [0.4, 0.5) is 0 Å². The molecule has 0 bridgehead atoms. The van der Waals surface area contributed by atoms with Gasteiger partial charge in [-0.3, -0.25) is 0 Å². The Hall–Kier alpha value is -1.48. The molecule has 0 saturated carbocycles. The fraction of sp³-hybridized carbons (Fsp3) is 0.467. The second-order valence-corrected chi connectivity index (χ2v) is 4.21. The van der Waals surface area contributed by atoms with Gasteiger partial charge in [0, 0.05) is 11.6 Å². The first-order valence-electron chi connectivity index (χ1n) is 6.29. The molecular formula is C15H23NO2. The van der Waals surface area contributed by atoms with E-state index in [1.165, 1.54) is 5.57 Å². The highest BCUT2D eigenvalue weighted by atomic mass is 16.5. The lowest BCUT2D eigenvalue weighted by Crippen LogP contribution is -2.21. The maximum Gasteiger partial charge on any atom is 0.167 e. The molecule has 0 fully saturated rings. The Morgan fingerprint density at radius 3 is 2.72 bits per heavy atom. The molecule has 1 unspecified atom stereocenters. The molecule has 0 aliphatic carbocycles. The van der Waals surface area contributed by atoms with Crippen LogP contribution < -0.4 is 14.8 Å². The van der Waals surface area contributed by atoms with Gasteiger partial charge in [0.15, 0.2) is 11.5 Å². The van der Waals surface area contributed by atoms with E-state index in [0.29, 0.717) is 12.6 Å². The minimum absolute atomic E-state index is 0.338. The summed E-state index contributed by atoms with van der Waals surface area (Å²) in [6.45, 7) is 6.84. The number of nitrogens with one attached hydrogen (secondary N) is 1. The minimum atomic E-state index is 0.338. The maximum absolute atomic E-state index is 5.57. The van der Waals surface area contributed by atoms with Crippen LogP contribution in [-0.2, 0) is 0 Å². The van der Waals surface area contributed by atoms with Crippen LogP contribution in [-0.4, -0.2) is 26.8 Å². The van der Waals surface area contributed by atoms with Gasteiger partial charge in [0.1, 0.15) is 0 Å². The molecule has 1 aromatic rings. The quantitative estimate of drug-likeness (QED) is 0.840. The van der Waals surface area contributed by atoms with Gasteiger partial charge in [-0.15, -0.1) is 0 Å². The van der Waals surface area contributed by atoms with Crippen LogP contribution in [0.25, 0.3) is 6.08 Å². The topological polar surface area (TPSA) is 30.5 Å². The normalized spacial score (nSPS) is 13.3. The van der Waals surface area contributed by atoms with Crippen molar-refractivity contribution >= 4 is 6.08 Å². The summed E-state index contributed by atoms with van der Waals surface area (Å²) in [4.78, 5) is 0. The largest absolute Gasteiger partial charge is 0.492 e. The molecule has 0 spiro atoms. The van der Waals surface area contributed by atoms with E-state index in [-0.39, 0.29) is 0 Å². The van der Waals surface area contributed by atoms with Gasteiger partial charge >= 0.3 is 0 Å². The first-order chi connectivity index (χ1) is 8.63. The molecule has 0 amide bonds. The second-order valence-electron chi connectivity index (χ2n) is 4.21. The summed E-state index contributed by atoms with van der Waals surface area (Å²) >= 11 is 0. The van der Waals surface area contributed by atoms with Crippen molar-refractivity contribution in [3.63, 3.8) is 0 Å². The number of methoxy groups -OCH3 is 1. The van der Waals surface area contributed by atoms with Crippen molar-refractivity contribution in [2.75, 3.05) is 20.8 Å². The molecule has 1 rings (SSSR count). The van der Waals surface area contributed by atoms with E-state index in [2.05, 4.69) is 25.2 Å². The van der Waals surface area contributed by atoms with Gasteiger partial charge in [-0.25, -0.2) is 0 Å². The number of benzene rings is 1. The van der Waals surface area contributed by atoms with E-state index in [1.807, 2.05) is 32.2 Å². The van der Waals surface area contributed by atoms with Gasteiger partial charge in [-0.05, 0) is 33.9 Å². The lowest BCUT2D eigenvalue weighted by molar-refractivity contribution is 0.310. The van der Waals surface area contributed by atoms with E-state index < -0.39 is 0 Å². The van der Waals surface area contributed by atoms with Crippen molar-refractivity contribution in [2.24, 2.45) is 0 Å². The number of hydrogen-bond donors (Lipinski definition) is 1. The fourth-order valence-electron chi connectivity index (χ4n) is 1.73. The zero-order chi connectivity index (χ0) is 13.5. The summed E-state index contributed by atoms with van der Waals surface area (Å²) in [5.74, 6) is 1.58. The highest BCUT2D eigenvalue weighted by Crippen LogP contribution is 2.32. The summed E-state index contributed by atoms with van der Waals surface area (Å²) in [7, 11) is 3.63. The highest BCUT2D eigenvalue weighted by molar-refractivity contribution is 5.64. The van der Waals surface area contributed by atoms with Crippen molar-refractivity contribution in [1.29, 1.82) is 0 Å². The number of para-hydroxylation sites is 1. The lowest BCUT2D eigenvalue weighted by atomic mass is 10.1. The van der Waals surface area contributed by atoms with E-state index in [9.17, 15) is 0 Å². The molecule has 3 nitrogen and oxygen atoms in total. The summed E-state index contributed by atoms with van der Waals surface area (Å²) in [5, 5.41) is 3.22. The zero-order valence-electron chi connectivity index (χ0n) is 11.9. The molecule has 3 heteroatoms. The monoisotopic (exact) mass is 249 g/mol.